The summed E-state index contributed by atoms with van der Waals surface area (Å²) in [7, 11) is 0. The summed E-state index contributed by atoms with van der Waals surface area (Å²) in [6.07, 6.45) is 3.76. The maximum atomic E-state index is 5.73. The van der Waals surface area contributed by atoms with Gasteiger partial charge >= 0.3 is 0 Å². The van der Waals surface area contributed by atoms with E-state index in [9.17, 15) is 0 Å². The monoisotopic (exact) mass is 283 g/mol. The van der Waals surface area contributed by atoms with E-state index in [2.05, 4.69) is 41.7 Å². The van der Waals surface area contributed by atoms with Crippen LogP contribution in [-0.4, -0.2) is 19.3 Å². The third-order valence-electron chi connectivity index (χ3n) is 3.54. The van der Waals surface area contributed by atoms with E-state index in [1.165, 1.54) is 5.52 Å². The fourth-order valence-corrected chi connectivity index (χ4v) is 2.58. The van der Waals surface area contributed by atoms with Gasteiger partial charge < -0.3 is 10.3 Å². The number of hydrogen-bond donors (Lipinski definition) is 1. The molecule has 3 rings (SSSR count). The second-order valence-electron chi connectivity index (χ2n) is 5.76. The molecule has 0 aliphatic rings. The van der Waals surface area contributed by atoms with Crippen molar-refractivity contribution in [3.8, 4) is 0 Å². The van der Waals surface area contributed by atoms with Crippen LogP contribution in [-0.2, 0) is 19.6 Å². The van der Waals surface area contributed by atoms with Crippen LogP contribution in [0, 0.1) is 5.92 Å². The summed E-state index contributed by atoms with van der Waals surface area (Å²) in [6, 6.07) is 8.22. The predicted octanol–water partition coefficient (Wildman–Crippen LogP) is 2.40. The Kier molecular flexibility index (Phi) is 3.75. The van der Waals surface area contributed by atoms with Gasteiger partial charge in [-0.1, -0.05) is 19.9 Å². The molecule has 5 heteroatoms. The number of nitrogens with two attached hydrogens (primary N) is 1. The first-order valence-corrected chi connectivity index (χ1v) is 7.33. The van der Waals surface area contributed by atoms with Crippen LogP contribution in [0.4, 0.5) is 0 Å². The van der Waals surface area contributed by atoms with Crippen LogP contribution in [0.5, 0.6) is 0 Å². The van der Waals surface area contributed by atoms with E-state index in [0.29, 0.717) is 19.0 Å². The maximum absolute atomic E-state index is 5.73. The molecule has 0 spiro atoms. The fourth-order valence-electron chi connectivity index (χ4n) is 2.58. The minimum atomic E-state index is 0.543. The molecule has 0 unspecified atom stereocenters. The van der Waals surface area contributed by atoms with E-state index >= 15 is 0 Å². The Morgan fingerprint density at radius 2 is 2.14 bits per heavy atom. The second kappa shape index (κ2) is 5.69. The van der Waals surface area contributed by atoms with E-state index in [4.69, 9.17) is 10.7 Å². The van der Waals surface area contributed by atoms with Crippen LogP contribution in [0.25, 0.3) is 11.0 Å². The van der Waals surface area contributed by atoms with Gasteiger partial charge in [-0.05, 0) is 29.7 Å². The Morgan fingerprint density at radius 1 is 1.29 bits per heavy atom. The zero-order valence-corrected chi connectivity index (χ0v) is 12.5. The molecule has 3 aromatic rings. The van der Waals surface area contributed by atoms with Gasteiger partial charge in [0.1, 0.15) is 5.82 Å². The quantitative estimate of drug-likeness (QED) is 0.782. The molecule has 0 aliphatic carbocycles. The first kappa shape index (κ1) is 13.8. The summed E-state index contributed by atoms with van der Waals surface area (Å²) in [5.74, 6) is 1.60. The summed E-state index contributed by atoms with van der Waals surface area (Å²) in [5.41, 5.74) is 9.02. The van der Waals surface area contributed by atoms with Gasteiger partial charge in [-0.25, -0.2) is 4.98 Å². The van der Waals surface area contributed by atoms with E-state index < -0.39 is 0 Å². The van der Waals surface area contributed by atoms with E-state index in [1.807, 2.05) is 16.9 Å². The molecule has 110 valence electrons. The topological polar surface area (TPSA) is 61.7 Å². The highest BCUT2D eigenvalue weighted by Crippen LogP contribution is 2.20. The van der Waals surface area contributed by atoms with Crippen LogP contribution in [0.1, 0.15) is 25.2 Å². The summed E-state index contributed by atoms with van der Waals surface area (Å²) in [5, 5.41) is 4.28. The maximum Gasteiger partial charge on any atom is 0.131 e. The highest BCUT2D eigenvalue weighted by Gasteiger charge is 2.13. The van der Waals surface area contributed by atoms with Crippen molar-refractivity contribution in [1.29, 1.82) is 0 Å². The average molecular weight is 283 g/mol. The summed E-state index contributed by atoms with van der Waals surface area (Å²) in [4.78, 5) is 4.80. The molecule has 0 aliphatic heterocycles. The summed E-state index contributed by atoms with van der Waals surface area (Å²) < 4.78 is 4.20. The van der Waals surface area contributed by atoms with Gasteiger partial charge in [-0.3, -0.25) is 4.68 Å². The first-order valence-electron chi connectivity index (χ1n) is 7.33. The van der Waals surface area contributed by atoms with Gasteiger partial charge in [-0.2, -0.15) is 5.10 Å². The van der Waals surface area contributed by atoms with Crippen molar-refractivity contribution in [3.05, 3.63) is 48.0 Å². The molecule has 5 nitrogen and oxygen atoms in total. The number of rotatable bonds is 5. The Balaban J connectivity index is 2.07. The van der Waals surface area contributed by atoms with Crippen molar-refractivity contribution >= 4 is 11.0 Å². The molecule has 2 aromatic heterocycles. The van der Waals surface area contributed by atoms with Crippen molar-refractivity contribution < 1.29 is 0 Å². The minimum Gasteiger partial charge on any atom is -0.326 e. The van der Waals surface area contributed by atoms with Crippen LogP contribution in [0.3, 0.4) is 0 Å². The standard InChI is InChI=1S/C16H21N5/c1-12(2)10-21-15-5-4-13(9-17)8-14(15)19-16(21)11-20-7-3-6-18-20/h3-8,12H,9-11,17H2,1-2H3. The molecule has 21 heavy (non-hydrogen) atoms. The molecule has 2 heterocycles. The van der Waals surface area contributed by atoms with Crippen molar-refractivity contribution in [3.63, 3.8) is 0 Å². The van der Waals surface area contributed by atoms with E-state index in [-0.39, 0.29) is 0 Å². The molecule has 0 amide bonds. The molecule has 0 radical (unpaired) electrons. The number of benzene rings is 1. The minimum absolute atomic E-state index is 0.543. The Bertz CT molecular complexity index is 725. The predicted molar refractivity (Wildman–Crippen MR) is 83.8 cm³/mol. The van der Waals surface area contributed by atoms with Crippen molar-refractivity contribution in [2.45, 2.75) is 33.5 Å². The highest BCUT2D eigenvalue weighted by atomic mass is 15.3. The SMILES string of the molecule is CC(C)Cn1c(Cn2cccn2)nc2cc(CN)ccc21. The number of fused-ring (bicyclic) bond motifs is 1. The molecule has 0 saturated carbocycles. The van der Waals surface area contributed by atoms with Crippen molar-refractivity contribution in [1.82, 2.24) is 19.3 Å². The molecular formula is C16H21N5. The lowest BCUT2D eigenvalue weighted by Crippen LogP contribution is -2.12. The van der Waals surface area contributed by atoms with Crippen LogP contribution >= 0.6 is 0 Å². The lowest BCUT2D eigenvalue weighted by atomic mass is 10.2. The van der Waals surface area contributed by atoms with E-state index in [0.717, 1.165) is 23.4 Å². The van der Waals surface area contributed by atoms with Crippen molar-refractivity contribution in [2.75, 3.05) is 0 Å². The van der Waals surface area contributed by atoms with Gasteiger partial charge in [0.2, 0.25) is 0 Å². The highest BCUT2D eigenvalue weighted by molar-refractivity contribution is 5.77. The zero-order valence-electron chi connectivity index (χ0n) is 12.5. The Hall–Kier alpha value is -2.14. The molecule has 2 N–H and O–H groups in total. The number of aromatic nitrogens is 4. The van der Waals surface area contributed by atoms with E-state index in [1.54, 1.807) is 6.20 Å². The third-order valence-corrected chi connectivity index (χ3v) is 3.54. The molecule has 1 aromatic carbocycles. The summed E-state index contributed by atoms with van der Waals surface area (Å²) in [6.45, 7) is 6.62. The number of nitrogens with zero attached hydrogens (tertiary/aromatic N) is 4. The number of hydrogen-bond acceptors (Lipinski definition) is 3. The molecule has 0 fully saturated rings. The van der Waals surface area contributed by atoms with Gasteiger partial charge in [0.25, 0.3) is 0 Å². The normalized spacial score (nSPS) is 11.6. The van der Waals surface area contributed by atoms with Crippen LogP contribution < -0.4 is 5.73 Å². The molecule has 0 bridgehead atoms. The third kappa shape index (κ3) is 2.83. The lowest BCUT2D eigenvalue weighted by Gasteiger charge is -2.12. The number of imidazole rings is 1. The lowest BCUT2D eigenvalue weighted by molar-refractivity contribution is 0.504. The van der Waals surface area contributed by atoms with Crippen molar-refractivity contribution in [2.24, 2.45) is 11.7 Å². The van der Waals surface area contributed by atoms with Gasteiger partial charge in [-0.15, -0.1) is 0 Å². The smallest absolute Gasteiger partial charge is 0.131 e. The average Bonchev–Trinajstić information content (AvgIpc) is 3.07. The largest absolute Gasteiger partial charge is 0.326 e. The zero-order chi connectivity index (χ0) is 14.8. The van der Waals surface area contributed by atoms with Gasteiger partial charge in [0.15, 0.2) is 0 Å². The second-order valence-corrected chi connectivity index (χ2v) is 5.76. The Labute approximate surface area is 124 Å². The summed E-state index contributed by atoms with van der Waals surface area (Å²) >= 11 is 0. The van der Waals surface area contributed by atoms with Gasteiger partial charge in [0.05, 0.1) is 17.6 Å². The van der Waals surface area contributed by atoms with Crippen LogP contribution in [0.15, 0.2) is 36.7 Å². The molecule has 0 saturated heterocycles. The van der Waals surface area contributed by atoms with Gasteiger partial charge in [0, 0.05) is 25.5 Å². The fraction of sp³-hybridized carbons (Fsp3) is 0.375. The Morgan fingerprint density at radius 3 is 2.81 bits per heavy atom. The molecular weight excluding hydrogens is 262 g/mol. The first-order chi connectivity index (χ1) is 10.2. The molecule has 0 atom stereocenters. The van der Waals surface area contributed by atoms with Crippen LogP contribution in [0.2, 0.25) is 0 Å².